The number of nitrogens with two attached hydrogens (primary N) is 1. The Bertz CT molecular complexity index is 439. The number of aryl methyl sites for hydroxylation is 1. The van der Waals surface area contributed by atoms with Crippen molar-refractivity contribution in [3.63, 3.8) is 0 Å². The summed E-state index contributed by atoms with van der Waals surface area (Å²) in [6.07, 6.45) is -4.99. The van der Waals surface area contributed by atoms with Gasteiger partial charge in [-0.25, -0.2) is 0 Å². The number of hydrogen-bond donors (Lipinski definition) is 2. The number of anilines is 1. The van der Waals surface area contributed by atoms with Gasteiger partial charge in [0, 0.05) is 0 Å². The number of carbonyl (C=O) groups excluding carboxylic acids is 2. The number of amides is 2. The van der Waals surface area contributed by atoms with Crippen molar-refractivity contribution in [1.82, 2.24) is 0 Å². The molecule has 4 nitrogen and oxygen atoms in total. The minimum Gasteiger partial charge on any atom is -0.365 e. The van der Waals surface area contributed by atoms with Gasteiger partial charge in [0.05, 0.1) is 5.56 Å². The average Bonchev–Trinajstić information content (AvgIpc) is 2.45. The molecule has 1 aromatic heterocycles. The van der Waals surface area contributed by atoms with Crippen molar-refractivity contribution in [3.8, 4) is 0 Å². The largest absolute Gasteiger partial charge is 0.471 e. The van der Waals surface area contributed by atoms with Gasteiger partial charge in [0.15, 0.2) is 0 Å². The van der Waals surface area contributed by atoms with Gasteiger partial charge in [0.1, 0.15) is 5.00 Å². The Balaban J connectivity index is 2.99. The predicted molar refractivity (Wildman–Crippen MR) is 52.3 cm³/mol. The number of halogens is 3. The van der Waals surface area contributed by atoms with Crippen molar-refractivity contribution in [2.75, 3.05) is 5.32 Å². The molecule has 0 aromatic carbocycles. The standard InChI is InChI=1S/C8H7F3N2O2S/c1-3-2-16-6(4(3)5(12)14)13-7(15)8(9,10)11/h2H,1H3,(H2,12,14)(H,13,15). The number of nitrogens with one attached hydrogen (secondary N) is 1. The van der Waals surface area contributed by atoms with Crippen LogP contribution in [0.15, 0.2) is 5.38 Å². The molecule has 1 rings (SSSR count). The first kappa shape index (κ1) is 12.5. The minimum absolute atomic E-state index is 0.0948. The molecule has 1 heterocycles. The van der Waals surface area contributed by atoms with Crippen molar-refractivity contribution in [1.29, 1.82) is 0 Å². The van der Waals surface area contributed by atoms with Crippen molar-refractivity contribution < 1.29 is 22.8 Å². The van der Waals surface area contributed by atoms with Crippen LogP contribution in [-0.4, -0.2) is 18.0 Å². The summed E-state index contributed by atoms with van der Waals surface area (Å²) in [5.41, 5.74) is 5.31. The lowest BCUT2D eigenvalue weighted by molar-refractivity contribution is -0.167. The minimum atomic E-state index is -4.99. The molecule has 16 heavy (non-hydrogen) atoms. The van der Waals surface area contributed by atoms with Crippen LogP contribution >= 0.6 is 11.3 Å². The Hall–Kier alpha value is -1.57. The molecule has 3 N–H and O–H groups in total. The molecule has 0 fully saturated rings. The molecule has 88 valence electrons. The first-order valence-corrected chi connectivity index (χ1v) is 4.87. The molecule has 0 saturated carbocycles. The number of thiophene rings is 1. The van der Waals surface area contributed by atoms with Gasteiger partial charge >= 0.3 is 12.1 Å². The highest BCUT2D eigenvalue weighted by molar-refractivity contribution is 7.15. The number of rotatable bonds is 2. The molecule has 2 amide bonds. The Morgan fingerprint density at radius 1 is 1.44 bits per heavy atom. The maximum absolute atomic E-state index is 12.0. The van der Waals surface area contributed by atoms with Gasteiger partial charge < -0.3 is 11.1 Å². The highest BCUT2D eigenvalue weighted by Gasteiger charge is 2.39. The van der Waals surface area contributed by atoms with Gasteiger partial charge in [-0.2, -0.15) is 13.2 Å². The Kier molecular flexibility index (Phi) is 3.22. The summed E-state index contributed by atoms with van der Waals surface area (Å²) in [6, 6.07) is 0. The predicted octanol–water partition coefficient (Wildman–Crippen LogP) is 1.66. The Labute approximate surface area is 92.2 Å². The molecule has 0 spiro atoms. The topological polar surface area (TPSA) is 72.2 Å². The smallest absolute Gasteiger partial charge is 0.365 e. The Morgan fingerprint density at radius 3 is 2.44 bits per heavy atom. The van der Waals surface area contributed by atoms with Crippen LogP contribution in [0.1, 0.15) is 15.9 Å². The summed E-state index contributed by atoms with van der Waals surface area (Å²) in [7, 11) is 0. The average molecular weight is 252 g/mol. The lowest BCUT2D eigenvalue weighted by Gasteiger charge is -2.07. The van der Waals surface area contributed by atoms with Gasteiger partial charge in [-0.05, 0) is 17.9 Å². The second kappa shape index (κ2) is 4.12. The first-order chi connectivity index (χ1) is 7.23. The van der Waals surface area contributed by atoms with E-state index in [9.17, 15) is 22.8 Å². The van der Waals surface area contributed by atoms with E-state index in [4.69, 9.17) is 5.73 Å². The molecular formula is C8H7F3N2O2S. The van der Waals surface area contributed by atoms with E-state index in [0.29, 0.717) is 5.56 Å². The van der Waals surface area contributed by atoms with Crippen molar-refractivity contribution in [2.45, 2.75) is 13.1 Å². The molecule has 0 aliphatic carbocycles. The first-order valence-electron chi connectivity index (χ1n) is 3.99. The molecule has 8 heteroatoms. The second-order valence-electron chi connectivity index (χ2n) is 2.94. The summed E-state index contributed by atoms with van der Waals surface area (Å²) in [5, 5.41) is 2.86. The van der Waals surface area contributed by atoms with Crippen LogP contribution in [0.25, 0.3) is 0 Å². The quantitative estimate of drug-likeness (QED) is 0.840. The van der Waals surface area contributed by atoms with Crippen LogP contribution in [0.5, 0.6) is 0 Å². The van der Waals surface area contributed by atoms with E-state index < -0.39 is 18.0 Å². The fourth-order valence-corrected chi connectivity index (χ4v) is 1.96. The van der Waals surface area contributed by atoms with Crippen molar-refractivity contribution in [3.05, 3.63) is 16.5 Å². The van der Waals surface area contributed by atoms with Crippen LogP contribution in [0.2, 0.25) is 0 Å². The van der Waals surface area contributed by atoms with Gasteiger partial charge in [-0.3, -0.25) is 9.59 Å². The van der Waals surface area contributed by atoms with Crippen LogP contribution in [0.3, 0.4) is 0 Å². The molecule has 1 aromatic rings. The number of primary amides is 1. The third-order valence-corrected chi connectivity index (χ3v) is 2.72. The Morgan fingerprint density at radius 2 is 2.00 bits per heavy atom. The molecular weight excluding hydrogens is 245 g/mol. The maximum atomic E-state index is 12.0. The van der Waals surface area contributed by atoms with Gasteiger partial charge in [-0.1, -0.05) is 0 Å². The lowest BCUT2D eigenvalue weighted by atomic mass is 10.2. The number of alkyl halides is 3. The molecule has 0 bridgehead atoms. The highest BCUT2D eigenvalue weighted by Crippen LogP contribution is 2.29. The summed E-state index contributed by atoms with van der Waals surface area (Å²) in [4.78, 5) is 21.6. The van der Waals surface area contributed by atoms with E-state index in [0.717, 1.165) is 11.3 Å². The van der Waals surface area contributed by atoms with Crippen LogP contribution in [0, 0.1) is 6.92 Å². The molecule has 0 unspecified atom stereocenters. The summed E-state index contributed by atoms with van der Waals surface area (Å²) in [5.74, 6) is -3.01. The maximum Gasteiger partial charge on any atom is 0.471 e. The summed E-state index contributed by atoms with van der Waals surface area (Å²) >= 11 is 0.816. The molecule has 0 radical (unpaired) electrons. The third kappa shape index (κ3) is 2.51. The van der Waals surface area contributed by atoms with Crippen molar-refractivity contribution in [2.24, 2.45) is 5.73 Å². The number of hydrogen-bond acceptors (Lipinski definition) is 3. The van der Waals surface area contributed by atoms with Crippen LogP contribution in [-0.2, 0) is 4.79 Å². The van der Waals surface area contributed by atoms with E-state index in [1.165, 1.54) is 12.3 Å². The van der Waals surface area contributed by atoms with Crippen LogP contribution < -0.4 is 11.1 Å². The molecule has 0 saturated heterocycles. The third-order valence-electron chi connectivity index (χ3n) is 1.71. The molecule has 0 aliphatic rings. The normalized spacial score (nSPS) is 11.2. The molecule has 0 atom stereocenters. The lowest BCUT2D eigenvalue weighted by Crippen LogP contribution is -2.30. The zero-order valence-corrected chi connectivity index (χ0v) is 8.83. The second-order valence-corrected chi connectivity index (χ2v) is 3.82. The fraction of sp³-hybridized carbons (Fsp3) is 0.250. The monoisotopic (exact) mass is 252 g/mol. The van der Waals surface area contributed by atoms with Crippen molar-refractivity contribution >= 4 is 28.2 Å². The van der Waals surface area contributed by atoms with Gasteiger partial charge in [0.2, 0.25) is 0 Å². The zero-order valence-electron chi connectivity index (χ0n) is 8.01. The van der Waals surface area contributed by atoms with Gasteiger partial charge in [-0.15, -0.1) is 11.3 Å². The van der Waals surface area contributed by atoms with E-state index >= 15 is 0 Å². The fourth-order valence-electron chi connectivity index (χ4n) is 1.02. The zero-order chi connectivity index (χ0) is 12.5. The summed E-state index contributed by atoms with van der Waals surface area (Å²) in [6.45, 7) is 1.51. The van der Waals surface area contributed by atoms with Gasteiger partial charge in [0.25, 0.3) is 5.91 Å². The van der Waals surface area contributed by atoms with Crippen LogP contribution in [0.4, 0.5) is 18.2 Å². The van der Waals surface area contributed by atoms with E-state index in [1.54, 1.807) is 5.32 Å². The number of carbonyl (C=O) groups is 2. The molecule has 0 aliphatic heterocycles. The van der Waals surface area contributed by atoms with E-state index in [1.807, 2.05) is 0 Å². The summed E-state index contributed by atoms with van der Waals surface area (Å²) < 4.78 is 35.9. The van der Waals surface area contributed by atoms with E-state index in [2.05, 4.69) is 0 Å². The highest BCUT2D eigenvalue weighted by atomic mass is 32.1. The van der Waals surface area contributed by atoms with E-state index in [-0.39, 0.29) is 10.6 Å². The SMILES string of the molecule is Cc1csc(NC(=O)C(F)(F)F)c1C(N)=O.